The number of hydrogen-bond donors (Lipinski definition) is 0. The van der Waals surface area contributed by atoms with Crippen molar-refractivity contribution in [1.29, 1.82) is 0 Å². The topological polar surface area (TPSA) is 17.1 Å². The maximum absolute atomic E-state index is 14.2. The molecule has 0 unspecified atom stereocenters. The highest BCUT2D eigenvalue weighted by atomic mass is 31.2. The Hall–Kier alpha value is -0.0300. The molecule has 3 aliphatic carbocycles. The summed E-state index contributed by atoms with van der Waals surface area (Å²) in [7, 11) is -2.08. The molecular weight excluding hydrogens is 263 g/mol. The Labute approximate surface area is 125 Å². The monoisotopic (exact) mass is 294 g/mol. The van der Waals surface area contributed by atoms with Crippen molar-refractivity contribution in [2.45, 2.75) is 101 Å². The SMILES string of the molecule is O=P(C1=CCCCC1)(C1CCCCC1)C1CCCCC1. The molecule has 0 atom stereocenters. The second-order valence-electron chi connectivity index (χ2n) is 7.23. The average Bonchev–Trinajstić information content (AvgIpc) is 2.56. The van der Waals surface area contributed by atoms with Crippen molar-refractivity contribution in [2.75, 3.05) is 0 Å². The van der Waals surface area contributed by atoms with Crippen LogP contribution in [0.25, 0.3) is 0 Å². The van der Waals surface area contributed by atoms with E-state index in [0.29, 0.717) is 11.3 Å². The fourth-order valence-corrected chi connectivity index (χ4v) is 9.56. The Morgan fingerprint density at radius 2 is 1.30 bits per heavy atom. The van der Waals surface area contributed by atoms with Crippen molar-refractivity contribution in [3.8, 4) is 0 Å². The first-order valence-corrected chi connectivity index (χ1v) is 11.0. The maximum Gasteiger partial charge on any atom is 0.117 e. The van der Waals surface area contributed by atoms with Crippen molar-refractivity contribution in [1.82, 2.24) is 0 Å². The molecule has 2 heteroatoms. The quantitative estimate of drug-likeness (QED) is 0.545. The largest absolute Gasteiger partial charge is 0.318 e. The van der Waals surface area contributed by atoms with Crippen LogP contribution in [0.1, 0.15) is 89.9 Å². The summed E-state index contributed by atoms with van der Waals surface area (Å²) in [6, 6.07) is 0. The predicted octanol–water partition coefficient (Wildman–Crippen LogP) is 6.47. The van der Waals surface area contributed by atoms with Gasteiger partial charge in [0.05, 0.1) is 0 Å². The Balaban J connectivity index is 1.88. The lowest BCUT2D eigenvalue weighted by Crippen LogP contribution is -2.25. The molecule has 114 valence electrons. The van der Waals surface area contributed by atoms with Crippen LogP contribution in [0, 0.1) is 0 Å². The summed E-state index contributed by atoms with van der Waals surface area (Å²) < 4.78 is 14.2. The van der Waals surface area contributed by atoms with Gasteiger partial charge in [-0.05, 0) is 56.7 Å². The lowest BCUT2D eigenvalue weighted by molar-refractivity contribution is 0.449. The lowest BCUT2D eigenvalue weighted by Gasteiger charge is -2.40. The summed E-state index contributed by atoms with van der Waals surface area (Å²) in [6.45, 7) is 0. The zero-order valence-corrected chi connectivity index (χ0v) is 13.9. The van der Waals surface area contributed by atoms with Gasteiger partial charge in [-0.1, -0.05) is 44.6 Å². The van der Waals surface area contributed by atoms with Gasteiger partial charge in [-0.15, -0.1) is 0 Å². The minimum atomic E-state index is -2.08. The highest BCUT2D eigenvalue weighted by Crippen LogP contribution is 2.69. The molecule has 0 spiro atoms. The minimum absolute atomic E-state index is 0.559. The summed E-state index contributed by atoms with van der Waals surface area (Å²) in [5, 5.41) is 1.45. The number of rotatable bonds is 3. The van der Waals surface area contributed by atoms with Crippen molar-refractivity contribution in [3.63, 3.8) is 0 Å². The maximum atomic E-state index is 14.2. The van der Waals surface area contributed by atoms with Gasteiger partial charge in [-0.2, -0.15) is 0 Å². The van der Waals surface area contributed by atoms with Crippen molar-refractivity contribution in [3.05, 3.63) is 11.4 Å². The van der Waals surface area contributed by atoms with E-state index in [1.807, 2.05) is 0 Å². The fraction of sp³-hybridized carbons (Fsp3) is 0.889. The van der Waals surface area contributed by atoms with Gasteiger partial charge in [-0.3, -0.25) is 0 Å². The second kappa shape index (κ2) is 6.82. The van der Waals surface area contributed by atoms with Crippen LogP contribution in [0.3, 0.4) is 0 Å². The van der Waals surface area contributed by atoms with E-state index in [1.54, 1.807) is 0 Å². The van der Waals surface area contributed by atoms with E-state index < -0.39 is 7.14 Å². The number of hydrogen-bond acceptors (Lipinski definition) is 1. The smallest absolute Gasteiger partial charge is 0.117 e. The van der Waals surface area contributed by atoms with Crippen LogP contribution in [0.15, 0.2) is 11.4 Å². The first-order chi connectivity index (χ1) is 9.82. The summed E-state index contributed by atoms with van der Waals surface area (Å²) in [4.78, 5) is 0. The van der Waals surface area contributed by atoms with E-state index in [4.69, 9.17) is 0 Å². The third kappa shape index (κ3) is 2.94. The van der Waals surface area contributed by atoms with Crippen LogP contribution in [-0.2, 0) is 4.57 Å². The third-order valence-electron chi connectivity index (χ3n) is 5.95. The van der Waals surface area contributed by atoms with Crippen molar-refractivity contribution in [2.24, 2.45) is 0 Å². The average molecular weight is 294 g/mol. The van der Waals surface area contributed by atoms with Gasteiger partial charge in [0, 0.05) is 11.3 Å². The van der Waals surface area contributed by atoms with Gasteiger partial charge in [-0.25, -0.2) is 0 Å². The van der Waals surface area contributed by atoms with E-state index in [9.17, 15) is 4.57 Å². The summed E-state index contributed by atoms with van der Waals surface area (Å²) in [5.41, 5.74) is 1.12. The molecule has 0 aromatic rings. The molecule has 0 saturated heterocycles. The van der Waals surface area contributed by atoms with Gasteiger partial charge in [0.25, 0.3) is 0 Å². The Morgan fingerprint density at radius 1 is 0.750 bits per heavy atom. The first-order valence-electron chi connectivity index (χ1n) is 9.11. The molecule has 0 aromatic carbocycles. The second-order valence-corrected chi connectivity index (χ2v) is 10.7. The zero-order chi connectivity index (χ0) is 13.8. The molecule has 0 radical (unpaired) electrons. The first kappa shape index (κ1) is 14.9. The molecule has 1 nitrogen and oxygen atoms in total. The molecule has 2 saturated carbocycles. The minimum Gasteiger partial charge on any atom is -0.318 e. The van der Waals surface area contributed by atoms with Gasteiger partial charge in [0.1, 0.15) is 7.14 Å². The molecule has 0 amide bonds. The highest BCUT2D eigenvalue weighted by molar-refractivity contribution is 7.69. The molecule has 3 aliphatic rings. The van der Waals surface area contributed by atoms with Crippen LogP contribution in [0.5, 0.6) is 0 Å². The molecule has 0 heterocycles. The molecule has 2 fully saturated rings. The van der Waals surface area contributed by atoms with E-state index in [2.05, 4.69) is 6.08 Å². The van der Waals surface area contributed by atoms with Gasteiger partial charge < -0.3 is 4.57 Å². The van der Waals surface area contributed by atoms with E-state index in [0.717, 1.165) is 6.42 Å². The van der Waals surface area contributed by atoms with Crippen molar-refractivity contribution >= 4 is 7.14 Å². The van der Waals surface area contributed by atoms with Crippen LogP contribution in [0.4, 0.5) is 0 Å². The highest BCUT2D eigenvalue weighted by Gasteiger charge is 2.43. The normalized spacial score (nSPS) is 27.3. The summed E-state index contributed by atoms with van der Waals surface area (Å²) in [5.74, 6) is 0. The molecule has 0 bridgehead atoms. The van der Waals surface area contributed by atoms with Crippen LogP contribution < -0.4 is 0 Å². The molecule has 0 aromatic heterocycles. The van der Waals surface area contributed by atoms with Gasteiger partial charge in [0.2, 0.25) is 0 Å². The summed E-state index contributed by atoms with van der Waals surface area (Å²) >= 11 is 0. The van der Waals surface area contributed by atoms with Crippen molar-refractivity contribution < 1.29 is 4.57 Å². The third-order valence-corrected chi connectivity index (χ3v) is 10.5. The molecular formula is C18H31OP. The molecule has 20 heavy (non-hydrogen) atoms. The Morgan fingerprint density at radius 3 is 1.75 bits per heavy atom. The van der Waals surface area contributed by atoms with Gasteiger partial charge in [0.15, 0.2) is 0 Å². The van der Waals surface area contributed by atoms with Crippen LogP contribution in [0.2, 0.25) is 0 Å². The summed E-state index contributed by atoms with van der Waals surface area (Å²) in [6.07, 6.45) is 20.4. The fourth-order valence-electron chi connectivity index (χ4n) is 4.84. The zero-order valence-electron chi connectivity index (χ0n) is 13.0. The predicted molar refractivity (Wildman–Crippen MR) is 87.9 cm³/mol. The van der Waals surface area contributed by atoms with E-state index >= 15 is 0 Å². The molecule has 0 N–H and O–H groups in total. The lowest BCUT2D eigenvalue weighted by atomic mass is 9.99. The number of allylic oxidation sites excluding steroid dienone is 2. The van der Waals surface area contributed by atoms with Crippen LogP contribution >= 0.6 is 7.14 Å². The van der Waals surface area contributed by atoms with E-state index in [-0.39, 0.29) is 0 Å². The standard InChI is InChI=1S/C18H31OP/c19-20(16-10-4-1-5-11-16,17-12-6-2-7-13-17)18-14-8-3-9-15-18/h10,17-18H,1-9,11-15H2. The van der Waals surface area contributed by atoms with E-state index in [1.165, 1.54) is 88.8 Å². The van der Waals surface area contributed by atoms with Gasteiger partial charge >= 0.3 is 0 Å². The Kier molecular flexibility index (Phi) is 5.08. The Bertz CT molecular complexity index is 364. The molecule has 0 aliphatic heterocycles. The molecule has 3 rings (SSSR count). The van der Waals surface area contributed by atoms with Crippen LogP contribution in [-0.4, -0.2) is 11.3 Å².